The minimum absolute atomic E-state index is 0.0671. The molecular formula is C12H13Cl2NO3. The van der Waals surface area contributed by atoms with E-state index in [-0.39, 0.29) is 22.8 Å². The molecule has 0 atom stereocenters. The number of pyridine rings is 1. The fourth-order valence-corrected chi connectivity index (χ4v) is 1.85. The first-order chi connectivity index (χ1) is 8.27. The van der Waals surface area contributed by atoms with Gasteiger partial charge < -0.3 is 9.30 Å². The lowest BCUT2D eigenvalue weighted by Crippen LogP contribution is -2.23. The fraction of sp³-hybridized carbons (Fsp3) is 0.333. The van der Waals surface area contributed by atoms with E-state index in [1.165, 1.54) is 18.5 Å². The third-order valence-electron chi connectivity index (χ3n) is 2.50. The quantitative estimate of drug-likeness (QED) is 0.635. The van der Waals surface area contributed by atoms with Crippen LogP contribution in [-0.2, 0) is 23.2 Å². The maximum atomic E-state index is 11.8. The average molecular weight is 290 g/mol. The molecule has 0 aromatic carbocycles. The van der Waals surface area contributed by atoms with Crippen LogP contribution in [0.4, 0.5) is 0 Å². The first kappa shape index (κ1) is 14.8. The molecule has 0 amide bonds. The molecule has 0 spiro atoms. The van der Waals surface area contributed by atoms with Crippen LogP contribution in [0.3, 0.4) is 0 Å². The number of carbonyl (C=O) groups excluding carboxylic acids is 1. The number of hydrogen-bond acceptors (Lipinski definition) is 3. The Balaban J connectivity index is 3.15. The predicted octanol–water partition coefficient (Wildman–Crippen LogP) is 2.62. The highest BCUT2D eigenvalue weighted by molar-refractivity contribution is 6.36. The Hall–Kier alpha value is -1.26. The number of ether oxygens (including phenoxy) is 1. The predicted molar refractivity (Wildman–Crippen MR) is 71.1 cm³/mol. The molecule has 98 valence electrons. The standard InChI is InChI=1S/C12H13Cl2NO3/c1-6(2)12(17)18-5-8-9(13)7(3)10(14)11(16)15(8)4/h1,5H2,2-4H3. The molecule has 0 saturated heterocycles. The van der Waals surface area contributed by atoms with Gasteiger partial charge in [-0.15, -0.1) is 0 Å². The Kier molecular flexibility index (Phi) is 4.59. The smallest absolute Gasteiger partial charge is 0.333 e. The van der Waals surface area contributed by atoms with Gasteiger partial charge in [-0.3, -0.25) is 4.79 Å². The molecule has 1 rings (SSSR count). The van der Waals surface area contributed by atoms with Crippen molar-refractivity contribution in [2.45, 2.75) is 20.5 Å². The van der Waals surface area contributed by atoms with Gasteiger partial charge >= 0.3 is 5.97 Å². The molecule has 0 saturated carbocycles. The maximum absolute atomic E-state index is 11.8. The van der Waals surface area contributed by atoms with Gasteiger partial charge in [-0.2, -0.15) is 0 Å². The van der Waals surface area contributed by atoms with Crippen molar-refractivity contribution in [3.8, 4) is 0 Å². The van der Waals surface area contributed by atoms with Gasteiger partial charge in [0.2, 0.25) is 0 Å². The summed E-state index contributed by atoms with van der Waals surface area (Å²) in [6.45, 7) is 6.53. The number of hydrogen-bond donors (Lipinski definition) is 0. The Morgan fingerprint density at radius 1 is 1.39 bits per heavy atom. The summed E-state index contributed by atoms with van der Waals surface area (Å²) in [5, 5.41) is 0.383. The van der Waals surface area contributed by atoms with Gasteiger partial charge in [0.25, 0.3) is 5.56 Å². The van der Waals surface area contributed by atoms with Gasteiger partial charge in [-0.05, 0) is 19.4 Å². The molecule has 0 unspecified atom stereocenters. The van der Waals surface area contributed by atoms with E-state index >= 15 is 0 Å². The zero-order valence-electron chi connectivity index (χ0n) is 10.3. The molecule has 1 aromatic rings. The molecule has 18 heavy (non-hydrogen) atoms. The molecule has 4 nitrogen and oxygen atoms in total. The van der Waals surface area contributed by atoms with Crippen LogP contribution in [0, 0.1) is 6.92 Å². The van der Waals surface area contributed by atoms with E-state index in [0.717, 1.165) is 0 Å². The molecule has 0 radical (unpaired) electrons. The van der Waals surface area contributed by atoms with E-state index in [0.29, 0.717) is 16.3 Å². The normalized spacial score (nSPS) is 10.3. The minimum atomic E-state index is -0.536. The maximum Gasteiger partial charge on any atom is 0.333 e. The summed E-state index contributed by atoms with van der Waals surface area (Å²) in [6.07, 6.45) is 0. The molecule has 0 aliphatic rings. The third-order valence-corrected chi connectivity index (χ3v) is 3.44. The van der Waals surface area contributed by atoms with E-state index in [1.54, 1.807) is 6.92 Å². The summed E-state index contributed by atoms with van der Waals surface area (Å²) in [4.78, 5) is 23.1. The van der Waals surface area contributed by atoms with Crippen LogP contribution >= 0.6 is 23.2 Å². The van der Waals surface area contributed by atoms with Crippen LogP contribution in [0.5, 0.6) is 0 Å². The highest BCUT2D eigenvalue weighted by atomic mass is 35.5. The van der Waals surface area contributed by atoms with Crippen molar-refractivity contribution in [2.24, 2.45) is 7.05 Å². The number of carbonyl (C=O) groups is 1. The van der Waals surface area contributed by atoms with Crippen LogP contribution in [-0.4, -0.2) is 10.5 Å². The number of aromatic nitrogens is 1. The van der Waals surface area contributed by atoms with E-state index in [2.05, 4.69) is 6.58 Å². The highest BCUT2D eigenvalue weighted by Crippen LogP contribution is 2.24. The van der Waals surface area contributed by atoms with Crippen molar-refractivity contribution in [2.75, 3.05) is 0 Å². The van der Waals surface area contributed by atoms with Crippen molar-refractivity contribution in [3.63, 3.8) is 0 Å². The van der Waals surface area contributed by atoms with Gasteiger partial charge in [-0.25, -0.2) is 4.79 Å². The van der Waals surface area contributed by atoms with Gasteiger partial charge in [0.05, 0.1) is 10.7 Å². The second-order valence-electron chi connectivity index (χ2n) is 3.92. The third kappa shape index (κ3) is 2.76. The topological polar surface area (TPSA) is 48.3 Å². The van der Waals surface area contributed by atoms with E-state index in [1.807, 2.05) is 0 Å². The summed E-state index contributed by atoms with van der Waals surface area (Å²) in [5.41, 5.74) is 0.780. The Labute approximate surface area is 115 Å². The second kappa shape index (κ2) is 5.59. The van der Waals surface area contributed by atoms with Gasteiger partial charge in [0, 0.05) is 12.6 Å². The van der Waals surface area contributed by atoms with Gasteiger partial charge in [-0.1, -0.05) is 29.8 Å². The Bertz CT molecular complexity index is 576. The highest BCUT2D eigenvalue weighted by Gasteiger charge is 2.16. The zero-order chi connectivity index (χ0) is 14.0. The molecule has 1 aromatic heterocycles. The summed E-state index contributed by atoms with van der Waals surface area (Å²) < 4.78 is 6.24. The van der Waals surface area contributed by atoms with Crippen LogP contribution in [0.15, 0.2) is 16.9 Å². The van der Waals surface area contributed by atoms with E-state index in [4.69, 9.17) is 27.9 Å². The zero-order valence-corrected chi connectivity index (χ0v) is 11.9. The average Bonchev–Trinajstić information content (AvgIpc) is 2.33. The molecule has 0 aliphatic heterocycles. The van der Waals surface area contributed by atoms with Crippen molar-refractivity contribution >= 4 is 29.2 Å². The SMILES string of the molecule is C=C(C)C(=O)OCc1c(Cl)c(C)c(Cl)c(=O)n1C. The molecule has 1 heterocycles. The number of rotatable bonds is 3. The number of nitrogens with zero attached hydrogens (tertiary/aromatic N) is 1. The summed E-state index contributed by atoms with van der Waals surface area (Å²) in [6, 6.07) is 0. The number of halogens is 2. The van der Waals surface area contributed by atoms with Crippen molar-refractivity contribution in [1.82, 2.24) is 4.57 Å². The molecular weight excluding hydrogens is 277 g/mol. The van der Waals surface area contributed by atoms with E-state index in [9.17, 15) is 9.59 Å². The lowest BCUT2D eigenvalue weighted by atomic mass is 10.2. The summed E-state index contributed by atoms with van der Waals surface area (Å²) >= 11 is 11.9. The summed E-state index contributed by atoms with van der Waals surface area (Å²) in [7, 11) is 1.52. The first-order valence-corrected chi connectivity index (χ1v) is 5.89. The van der Waals surface area contributed by atoms with Crippen molar-refractivity contribution < 1.29 is 9.53 Å². The van der Waals surface area contributed by atoms with Gasteiger partial charge in [0.15, 0.2) is 0 Å². The Morgan fingerprint density at radius 2 is 1.94 bits per heavy atom. The monoisotopic (exact) mass is 289 g/mol. The molecule has 0 aliphatic carbocycles. The fourth-order valence-electron chi connectivity index (χ4n) is 1.31. The summed E-state index contributed by atoms with van der Waals surface area (Å²) in [5.74, 6) is -0.536. The lowest BCUT2D eigenvalue weighted by molar-refractivity contribution is -0.140. The Morgan fingerprint density at radius 3 is 2.44 bits per heavy atom. The van der Waals surface area contributed by atoms with Crippen LogP contribution in [0.2, 0.25) is 10.0 Å². The van der Waals surface area contributed by atoms with Crippen LogP contribution in [0.1, 0.15) is 18.2 Å². The van der Waals surface area contributed by atoms with Crippen LogP contribution < -0.4 is 5.56 Å². The molecule has 0 N–H and O–H groups in total. The van der Waals surface area contributed by atoms with E-state index < -0.39 is 5.97 Å². The van der Waals surface area contributed by atoms with Gasteiger partial charge in [0.1, 0.15) is 11.6 Å². The van der Waals surface area contributed by atoms with Crippen molar-refractivity contribution in [3.05, 3.63) is 43.8 Å². The number of esters is 1. The minimum Gasteiger partial charge on any atom is -0.456 e. The first-order valence-electron chi connectivity index (χ1n) is 5.13. The largest absolute Gasteiger partial charge is 0.456 e. The second-order valence-corrected chi connectivity index (χ2v) is 4.68. The molecule has 6 heteroatoms. The van der Waals surface area contributed by atoms with Crippen molar-refractivity contribution in [1.29, 1.82) is 0 Å². The molecule has 0 fully saturated rings. The van der Waals surface area contributed by atoms with Crippen LogP contribution in [0.25, 0.3) is 0 Å². The molecule has 0 bridgehead atoms. The lowest BCUT2D eigenvalue weighted by Gasteiger charge is -2.13.